The monoisotopic (exact) mass is 350 g/mol. The first-order chi connectivity index (χ1) is 12.7. The van der Waals surface area contributed by atoms with Gasteiger partial charge < -0.3 is 9.47 Å². The molecule has 0 saturated carbocycles. The Morgan fingerprint density at radius 2 is 1.65 bits per heavy atom. The third kappa shape index (κ3) is 3.89. The number of hydrogen-bond acceptors (Lipinski definition) is 5. The molecule has 3 rings (SSSR count). The molecule has 0 bridgehead atoms. The van der Waals surface area contributed by atoms with Gasteiger partial charge in [0.15, 0.2) is 0 Å². The fourth-order valence-electron chi connectivity index (χ4n) is 2.35. The van der Waals surface area contributed by atoms with Gasteiger partial charge in [0.05, 0.1) is 32.3 Å². The Morgan fingerprint density at radius 1 is 1.04 bits per heavy atom. The van der Waals surface area contributed by atoms with Crippen LogP contribution in [0.2, 0.25) is 0 Å². The van der Waals surface area contributed by atoms with Crippen molar-refractivity contribution in [1.29, 1.82) is 0 Å². The molecule has 1 heterocycles. The molecule has 2 aromatic carbocycles. The lowest BCUT2D eigenvalue weighted by atomic mass is 10.1. The summed E-state index contributed by atoms with van der Waals surface area (Å²) in [5.41, 5.74) is 5.48. The maximum Gasteiger partial charge on any atom is 0.271 e. The van der Waals surface area contributed by atoms with Gasteiger partial charge in [0, 0.05) is 16.7 Å². The third-order valence-electron chi connectivity index (χ3n) is 3.77. The van der Waals surface area contributed by atoms with Crippen LogP contribution in [-0.2, 0) is 0 Å². The van der Waals surface area contributed by atoms with Crippen molar-refractivity contribution in [3.63, 3.8) is 0 Å². The molecule has 1 amide bonds. The molecule has 0 aliphatic rings. The predicted molar refractivity (Wildman–Crippen MR) is 98.6 cm³/mol. The van der Waals surface area contributed by atoms with Gasteiger partial charge in [-0.15, -0.1) is 0 Å². The molecular weight excluding hydrogens is 332 g/mol. The van der Waals surface area contributed by atoms with E-state index in [9.17, 15) is 4.79 Å². The molecule has 132 valence electrons. The highest BCUT2D eigenvalue weighted by molar-refractivity contribution is 5.95. The van der Waals surface area contributed by atoms with Crippen molar-refractivity contribution in [3.8, 4) is 22.8 Å². The number of nitrogens with zero attached hydrogens (tertiary/aromatic N) is 2. The summed E-state index contributed by atoms with van der Waals surface area (Å²) in [4.78, 5) is 12.1. The Morgan fingerprint density at radius 3 is 2.27 bits per heavy atom. The lowest BCUT2D eigenvalue weighted by Gasteiger charge is -2.03. The van der Waals surface area contributed by atoms with Crippen LogP contribution in [0.5, 0.6) is 11.5 Å². The molecular formula is C19H18N4O3. The highest BCUT2D eigenvalue weighted by Crippen LogP contribution is 2.22. The average Bonchev–Trinajstić information content (AvgIpc) is 3.16. The van der Waals surface area contributed by atoms with E-state index in [1.165, 1.54) is 0 Å². The Hall–Kier alpha value is -3.61. The van der Waals surface area contributed by atoms with Gasteiger partial charge in [-0.2, -0.15) is 10.2 Å². The lowest BCUT2D eigenvalue weighted by Crippen LogP contribution is -2.17. The molecule has 1 aromatic heterocycles. The van der Waals surface area contributed by atoms with E-state index in [1.807, 2.05) is 24.3 Å². The number of aromatic amines is 1. The van der Waals surface area contributed by atoms with Crippen molar-refractivity contribution in [2.45, 2.75) is 0 Å². The summed E-state index contributed by atoms with van der Waals surface area (Å²) < 4.78 is 10.2. The molecule has 7 nitrogen and oxygen atoms in total. The first-order valence-electron chi connectivity index (χ1n) is 7.86. The van der Waals surface area contributed by atoms with E-state index < -0.39 is 0 Å². The van der Waals surface area contributed by atoms with Gasteiger partial charge in [0.1, 0.15) is 11.5 Å². The fourth-order valence-corrected chi connectivity index (χ4v) is 2.35. The molecule has 0 radical (unpaired) electrons. The molecule has 0 saturated heterocycles. The van der Waals surface area contributed by atoms with E-state index in [2.05, 4.69) is 20.7 Å². The van der Waals surface area contributed by atoms with E-state index in [1.54, 1.807) is 50.9 Å². The van der Waals surface area contributed by atoms with Crippen molar-refractivity contribution in [3.05, 3.63) is 65.9 Å². The van der Waals surface area contributed by atoms with Gasteiger partial charge in [0.25, 0.3) is 5.91 Å². The highest BCUT2D eigenvalue weighted by Gasteiger charge is 2.07. The summed E-state index contributed by atoms with van der Waals surface area (Å²) in [6.07, 6.45) is 3.19. The van der Waals surface area contributed by atoms with Gasteiger partial charge in [-0.25, -0.2) is 5.43 Å². The van der Waals surface area contributed by atoms with Crippen LogP contribution < -0.4 is 14.9 Å². The van der Waals surface area contributed by atoms with Gasteiger partial charge in [-0.05, 0) is 48.5 Å². The molecule has 3 aromatic rings. The number of ether oxygens (including phenoxy) is 2. The second kappa shape index (κ2) is 7.98. The third-order valence-corrected chi connectivity index (χ3v) is 3.77. The van der Waals surface area contributed by atoms with Crippen LogP contribution in [0, 0.1) is 0 Å². The lowest BCUT2D eigenvalue weighted by molar-refractivity contribution is 0.0955. The minimum atomic E-state index is -0.307. The maximum atomic E-state index is 12.1. The number of H-pyrrole nitrogens is 1. The van der Waals surface area contributed by atoms with E-state index in [0.29, 0.717) is 11.3 Å². The Labute approximate surface area is 150 Å². The summed E-state index contributed by atoms with van der Waals surface area (Å²) in [5, 5.41) is 11.0. The molecule has 0 unspecified atom stereocenters. The molecule has 0 fully saturated rings. The number of hydrogen-bond donors (Lipinski definition) is 2. The topological polar surface area (TPSA) is 88.6 Å². The fraction of sp³-hybridized carbons (Fsp3) is 0.105. The minimum absolute atomic E-state index is 0.307. The van der Waals surface area contributed by atoms with Gasteiger partial charge >= 0.3 is 0 Å². The quantitative estimate of drug-likeness (QED) is 0.528. The predicted octanol–water partition coefficient (Wildman–Crippen LogP) is 2.86. The van der Waals surface area contributed by atoms with Crippen molar-refractivity contribution >= 4 is 12.1 Å². The number of methoxy groups -OCH3 is 2. The van der Waals surface area contributed by atoms with Crippen molar-refractivity contribution in [2.75, 3.05) is 14.2 Å². The summed E-state index contributed by atoms with van der Waals surface area (Å²) in [5.74, 6) is 1.15. The zero-order valence-corrected chi connectivity index (χ0v) is 14.4. The van der Waals surface area contributed by atoms with Crippen molar-refractivity contribution in [2.24, 2.45) is 5.10 Å². The Balaban J connectivity index is 1.69. The van der Waals surface area contributed by atoms with Crippen molar-refractivity contribution < 1.29 is 14.3 Å². The molecule has 0 aliphatic heterocycles. The van der Waals surface area contributed by atoms with Gasteiger partial charge in [-0.3, -0.25) is 9.89 Å². The van der Waals surface area contributed by atoms with E-state index in [0.717, 1.165) is 22.6 Å². The van der Waals surface area contributed by atoms with Crippen molar-refractivity contribution in [1.82, 2.24) is 15.6 Å². The van der Waals surface area contributed by atoms with E-state index in [-0.39, 0.29) is 5.91 Å². The number of amides is 1. The summed E-state index contributed by atoms with van der Waals surface area (Å²) in [7, 11) is 3.19. The zero-order valence-electron chi connectivity index (χ0n) is 14.4. The van der Waals surface area contributed by atoms with Gasteiger partial charge in [-0.1, -0.05) is 0 Å². The van der Waals surface area contributed by atoms with Crippen LogP contribution in [0.25, 0.3) is 11.3 Å². The summed E-state index contributed by atoms with van der Waals surface area (Å²) >= 11 is 0. The second-order valence-electron chi connectivity index (χ2n) is 5.36. The van der Waals surface area contributed by atoms with Crippen LogP contribution in [0.15, 0.2) is 59.8 Å². The molecule has 0 spiro atoms. The zero-order chi connectivity index (χ0) is 18.4. The number of hydrazone groups is 1. The van der Waals surface area contributed by atoms with Crippen LogP contribution in [0.1, 0.15) is 15.9 Å². The van der Waals surface area contributed by atoms with E-state index >= 15 is 0 Å². The largest absolute Gasteiger partial charge is 0.497 e. The maximum absolute atomic E-state index is 12.1. The molecule has 0 atom stereocenters. The van der Waals surface area contributed by atoms with Crippen LogP contribution >= 0.6 is 0 Å². The molecule has 0 aliphatic carbocycles. The Kier molecular flexibility index (Phi) is 5.28. The highest BCUT2D eigenvalue weighted by atomic mass is 16.5. The standard InChI is InChI=1S/C19H18N4O3/c1-25-16-7-3-13(4-8-16)18-15(11-20-22-18)12-21-23-19(24)14-5-9-17(26-2)10-6-14/h3-12H,1-2H3,(H,20,22)(H,23,24)/b21-12-. The first kappa shape index (κ1) is 17.2. The van der Waals surface area contributed by atoms with Crippen LogP contribution in [0.3, 0.4) is 0 Å². The number of benzene rings is 2. The molecule has 26 heavy (non-hydrogen) atoms. The smallest absolute Gasteiger partial charge is 0.271 e. The molecule has 2 N–H and O–H groups in total. The second-order valence-corrected chi connectivity index (χ2v) is 5.36. The first-order valence-corrected chi connectivity index (χ1v) is 7.86. The summed E-state index contributed by atoms with van der Waals surface area (Å²) in [6, 6.07) is 14.3. The number of carbonyl (C=O) groups is 1. The molecule has 7 heteroatoms. The normalized spacial score (nSPS) is 10.7. The number of nitrogens with one attached hydrogen (secondary N) is 2. The number of carbonyl (C=O) groups excluding carboxylic acids is 1. The average molecular weight is 350 g/mol. The van der Waals surface area contributed by atoms with Crippen LogP contribution in [-0.4, -0.2) is 36.5 Å². The van der Waals surface area contributed by atoms with E-state index in [4.69, 9.17) is 9.47 Å². The number of rotatable bonds is 6. The SMILES string of the molecule is COc1ccc(C(=O)N/N=C\c2cn[nH]c2-c2ccc(OC)cc2)cc1. The number of aromatic nitrogens is 2. The summed E-state index contributed by atoms with van der Waals surface area (Å²) in [6.45, 7) is 0. The Bertz CT molecular complexity index is 899. The van der Waals surface area contributed by atoms with Crippen LogP contribution in [0.4, 0.5) is 0 Å². The minimum Gasteiger partial charge on any atom is -0.497 e. The van der Waals surface area contributed by atoms with Gasteiger partial charge in [0.2, 0.25) is 0 Å².